The fraction of sp³-hybridized carbons (Fsp3) is 0.250. The van der Waals surface area contributed by atoms with Crippen LogP contribution < -0.4 is 11.1 Å². The lowest BCUT2D eigenvalue weighted by Gasteiger charge is -2.25. The molecule has 0 saturated heterocycles. The summed E-state index contributed by atoms with van der Waals surface area (Å²) in [4.78, 5) is 26.3. The van der Waals surface area contributed by atoms with Crippen LogP contribution in [0, 0.1) is 6.92 Å². The predicted molar refractivity (Wildman–Crippen MR) is 121 cm³/mol. The number of primary amides is 1. The highest BCUT2D eigenvalue weighted by molar-refractivity contribution is 5.99. The van der Waals surface area contributed by atoms with Crippen LogP contribution in [0.4, 0.5) is 5.82 Å². The molecule has 0 fully saturated rings. The van der Waals surface area contributed by atoms with Gasteiger partial charge < -0.3 is 15.8 Å². The minimum absolute atomic E-state index is 0.140. The maximum absolute atomic E-state index is 11.9. The highest BCUT2D eigenvalue weighted by Crippen LogP contribution is 2.33. The topological polar surface area (TPSA) is 107 Å². The molecule has 1 aliphatic rings. The molecule has 0 saturated carbocycles. The summed E-state index contributed by atoms with van der Waals surface area (Å²) in [7, 11) is 0. The quantitative estimate of drug-likeness (QED) is 0.504. The number of hydrogen-bond donors (Lipinski definition) is 2. The average Bonchev–Trinajstić information content (AvgIpc) is 3.14. The van der Waals surface area contributed by atoms with Gasteiger partial charge >= 0.3 is 0 Å². The van der Waals surface area contributed by atoms with Crippen molar-refractivity contribution < 1.29 is 9.53 Å². The number of nitrogens with two attached hydrogens (primary N) is 1. The molecular weight excluding hydrogens is 404 g/mol. The van der Waals surface area contributed by atoms with Crippen LogP contribution in [0.3, 0.4) is 0 Å². The van der Waals surface area contributed by atoms with E-state index in [1.807, 2.05) is 42.6 Å². The summed E-state index contributed by atoms with van der Waals surface area (Å²) in [6.45, 7) is 5.17. The number of pyridine rings is 1. The molecule has 1 amide bonds. The number of carbonyl (C=O) groups excluding carboxylic acids is 1. The fourth-order valence-corrected chi connectivity index (χ4v) is 4.18. The summed E-state index contributed by atoms with van der Waals surface area (Å²) in [5.41, 5.74) is 11.0. The van der Waals surface area contributed by atoms with Gasteiger partial charge in [-0.3, -0.25) is 9.20 Å². The molecule has 0 radical (unpaired) electrons. The van der Waals surface area contributed by atoms with Crippen molar-refractivity contribution in [1.29, 1.82) is 0 Å². The van der Waals surface area contributed by atoms with Gasteiger partial charge in [0, 0.05) is 24.7 Å². The predicted octanol–water partition coefficient (Wildman–Crippen LogP) is 3.44. The zero-order valence-electron chi connectivity index (χ0n) is 18.0. The van der Waals surface area contributed by atoms with E-state index in [0.717, 1.165) is 34.9 Å². The van der Waals surface area contributed by atoms with E-state index in [1.54, 1.807) is 12.1 Å². The zero-order valence-corrected chi connectivity index (χ0v) is 18.0. The second-order valence-corrected chi connectivity index (χ2v) is 7.89. The van der Waals surface area contributed by atoms with E-state index in [9.17, 15) is 4.79 Å². The van der Waals surface area contributed by atoms with Crippen molar-refractivity contribution in [2.24, 2.45) is 5.73 Å². The van der Waals surface area contributed by atoms with Gasteiger partial charge in [0.15, 0.2) is 5.82 Å². The summed E-state index contributed by atoms with van der Waals surface area (Å²) >= 11 is 0. The van der Waals surface area contributed by atoms with E-state index in [2.05, 4.69) is 22.4 Å². The van der Waals surface area contributed by atoms with E-state index < -0.39 is 5.91 Å². The van der Waals surface area contributed by atoms with Crippen molar-refractivity contribution in [3.63, 3.8) is 0 Å². The van der Waals surface area contributed by atoms with Gasteiger partial charge in [-0.25, -0.2) is 15.0 Å². The molecule has 3 N–H and O–H groups in total. The van der Waals surface area contributed by atoms with E-state index in [-0.39, 0.29) is 6.10 Å². The van der Waals surface area contributed by atoms with Crippen molar-refractivity contribution >= 4 is 17.4 Å². The van der Waals surface area contributed by atoms with Crippen LogP contribution in [-0.4, -0.2) is 31.9 Å². The molecule has 8 nitrogen and oxygen atoms in total. The first-order valence-corrected chi connectivity index (χ1v) is 10.6. The van der Waals surface area contributed by atoms with Crippen LogP contribution in [0.25, 0.3) is 17.2 Å². The van der Waals surface area contributed by atoms with Crippen molar-refractivity contribution in [3.05, 3.63) is 76.7 Å². The summed E-state index contributed by atoms with van der Waals surface area (Å²) in [5, 5.41) is 3.50. The van der Waals surface area contributed by atoms with Crippen molar-refractivity contribution in [1.82, 2.24) is 19.4 Å². The smallest absolute Gasteiger partial charge is 0.252 e. The molecule has 4 aromatic rings. The normalized spacial score (nSPS) is 15.5. The Hall–Kier alpha value is -3.78. The Balaban J connectivity index is 1.65. The van der Waals surface area contributed by atoms with Gasteiger partial charge in [0.2, 0.25) is 0 Å². The number of ether oxygens (including phenoxy) is 1. The average molecular weight is 428 g/mol. The van der Waals surface area contributed by atoms with Crippen molar-refractivity contribution in [2.75, 3.05) is 11.9 Å². The molecule has 4 heterocycles. The number of nitrogens with one attached hydrogen (secondary N) is 1. The highest BCUT2D eigenvalue weighted by atomic mass is 16.5. The standard InChI is InChI=1S/C24H24N6O2/c1-14-20(30-11-6-9-18(21(25)31)24(30)27-14)23-28-19-15(2)32-12-10-17(19)22(29-23)26-13-16-7-4-3-5-8-16/h3-9,11,15H,10,12-13H2,1-2H3,(H2,25,31)(H,26,28,29). The molecule has 3 aromatic heterocycles. The first kappa shape index (κ1) is 20.1. The Morgan fingerprint density at radius 2 is 2.00 bits per heavy atom. The summed E-state index contributed by atoms with van der Waals surface area (Å²) in [6.07, 6.45) is 2.45. The number of fused-ring (bicyclic) bond motifs is 2. The number of carbonyl (C=O) groups is 1. The summed E-state index contributed by atoms with van der Waals surface area (Å²) < 4.78 is 7.69. The maximum Gasteiger partial charge on any atom is 0.252 e. The second-order valence-electron chi connectivity index (χ2n) is 7.89. The van der Waals surface area contributed by atoms with Crippen LogP contribution in [0.1, 0.15) is 45.9 Å². The number of aryl methyl sites for hydroxylation is 1. The molecule has 1 unspecified atom stereocenters. The first-order valence-electron chi connectivity index (χ1n) is 10.6. The lowest BCUT2D eigenvalue weighted by atomic mass is 10.0. The third-order valence-electron chi connectivity index (χ3n) is 5.75. The molecule has 162 valence electrons. The molecule has 8 heteroatoms. The Morgan fingerprint density at radius 1 is 1.19 bits per heavy atom. The molecule has 32 heavy (non-hydrogen) atoms. The molecule has 0 spiro atoms. The van der Waals surface area contributed by atoms with Gasteiger partial charge in [0.05, 0.1) is 29.7 Å². The summed E-state index contributed by atoms with van der Waals surface area (Å²) in [5.74, 6) is 0.804. The molecule has 5 rings (SSSR count). The maximum atomic E-state index is 11.9. The number of benzene rings is 1. The summed E-state index contributed by atoms with van der Waals surface area (Å²) in [6, 6.07) is 13.6. The molecule has 1 aromatic carbocycles. The number of aromatic nitrogens is 4. The molecule has 1 atom stereocenters. The molecule has 0 aliphatic carbocycles. The number of rotatable bonds is 5. The number of anilines is 1. The number of hydrogen-bond acceptors (Lipinski definition) is 6. The van der Waals surface area contributed by atoms with Crippen molar-refractivity contribution in [2.45, 2.75) is 32.9 Å². The lowest BCUT2D eigenvalue weighted by molar-refractivity contribution is 0.0521. The number of amides is 1. The highest BCUT2D eigenvalue weighted by Gasteiger charge is 2.26. The minimum Gasteiger partial charge on any atom is -0.372 e. The Labute approximate surface area is 185 Å². The van der Waals surface area contributed by atoms with Gasteiger partial charge in [0.1, 0.15) is 17.2 Å². The van der Waals surface area contributed by atoms with Gasteiger partial charge in [-0.15, -0.1) is 0 Å². The van der Waals surface area contributed by atoms with E-state index in [1.165, 1.54) is 5.56 Å². The lowest BCUT2D eigenvalue weighted by Crippen LogP contribution is -2.20. The van der Waals surface area contributed by atoms with E-state index in [4.69, 9.17) is 20.4 Å². The molecular formula is C24H24N6O2. The SMILES string of the molecule is Cc1nc2c(C(N)=O)cccn2c1-c1nc(NCc2ccccc2)c2c(n1)C(C)OCC2. The molecule has 1 aliphatic heterocycles. The zero-order chi connectivity index (χ0) is 22.2. The third-order valence-corrected chi connectivity index (χ3v) is 5.75. The van der Waals surface area contributed by atoms with Crippen LogP contribution in [0.5, 0.6) is 0 Å². The van der Waals surface area contributed by atoms with Gasteiger partial charge in [0.25, 0.3) is 5.91 Å². The van der Waals surface area contributed by atoms with Crippen LogP contribution in [-0.2, 0) is 17.7 Å². The van der Waals surface area contributed by atoms with Crippen LogP contribution in [0.15, 0.2) is 48.7 Å². The number of imidazole rings is 1. The van der Waals surface area contributed by atoms with Crippen molar-refractivity contribution in [3.8, 4) is 11.5 Å². The second kappa shape index (κ2) is 8.05. The van der Waals surface area contributed by atoms with Crippen LogP contribution >= 0.6 is 0 Å². The number of nitrogens with zero attached hydrogens (tertiary/aromatic N) is 4. The first-order chi connectivity index (χ1) is 15.5. The van der Waals surface area contributed by atoms with Crippen LogP contribution in [0.2, 0.25) is 0 Å². The fourth-order valence-electron chi connectivity index (χ4n) is 4.18. The minimum atomic E-state index is -0.522. The van der Waals surface area contributed by atoms with Gasteiger partial charge in [-0.1, -0.05) is 30.3 Å². The largest absolute Gasteiger partial charge is 0.372 e. The molecule has 0 bridgehead atoms. The van der Waals surface area contributed by atoms with E-state index in [0.29, 0.717) is 30.2 Å². The monoisotopic (exact) mass is 428 g/mol. The van der Waals surface area contributed by atoms with Gasteiger partial charge in [-0.2, -0.15) is 0 Å². The Kier molecular flexibility index (Phi) is 5.07. The van der Waals surface area contributed by atoms with E-state index >= 15 is 0 Å². The van der Waals surface area contributed by atoms with Gasteiger partial charge in [-0.05, 0) is 31.5 Å². The Morgan fingerprint density at radius 3 is 2.78 bits per heavy atom. The Bertz CT molecular complexity index is 1320. The third kappa shape index (κ3) is 3.48.